The van der Waals surface area contributed by atoms with Gasteiger partial charge in [0, 0.05) is 6.04 Å². The highest BCUT2D eigenvalue weighted by molar-refractivity contribution is 5.82. The molecule has 1 N–H and O–H groups in total. The fraction of sp³-hybridized carbons (Fsp3) is 0.533. The minimum atomic E-state index is -2.87. The molecule has 0 spiro atoms. The number of hydrogen-bond acceptors (Lipinski definition) is 4. The summed E-state index contributed by atoms with van der Waals surface area (Å²) in [5, 5.41) is 3.15. The molecule has 0 saturated carbocycles. The van der Waals surface area contributed by atoms with Crippen LogP contribution in [0, 0.1) is 0 Å². The quantitative estimate of drug-likeness (QED) is 0.786. The van der Waals surface area contributed by atoms with Crippen LogP contribution in [-0.4, -0.2) is 25.2 Å². The maximum Gasteiger partial charge on any atom is 0.387 e. The van der Waals surface area contributed by atoms with Gasteiger partial charge in [-0.3, -0.25) is 5.32 Å². The van der Waals surface area contributed by atoms with Crippen molar-refractivity contribution >= 4 is 5.97 Å². The third-order valence-corrected chi connectivity index (χ3v) is 2.92. The van der Waals surface area contributed by atoms with E-state index in [1.54, 1.807) is 26.0 Å². The first-order chi connectivity index (χ1) is 9.79. The van der Waals surface area contributed by atoms with E-state index in [1.807, 2.05) is 13.8 Å². The van der Waals surface area contributed by atoms with Crippen molar-refractivity contribution in [1.82, 2.24) is 5.32 Å². The molecule has 21 heavy (non-hydrogen) atoms. The summed E-state index contributed by atoms with van der Waals surface area (Å²) in [5.41, 5.74) is -0.427. The summed E-state index contributed by atoms with van der Waals surface area (Å²) in [6.45, 7) is 4.64. The summed E-state index contributed by atoms with van der Waals surface area (Å²) < 4.78 is 33.7. The van der Waals surface area contributed by atoms with Crippen molar-refractivity contribution in [3.8, 4) is 5.75 Å². The molecule has 4 nitrogen and oxygen atoms in total. The van der Waals surface area contributed by atoms with Crippen molar-refractivity contribution in [2.75, 3.05) is 6.61 Å². The molecule has 1 rings (SSSR count). The van der Waals surface area contributed by atoms with Crippen LogP contribution in [0.3, 0.4) is 0 Å². The van der Waals surface area contributed by atoms with Crippen LogP contribution in [0.2, 0.25) is 0 Å². The largest absolute Gasteiger partial charge is 0.464 e. The second-order valence-electron chi connectivity index (χ2n) is 5.05. The zero-order chi connectivity index (χ0) is 16.0. The van der Waals surface area contributed by atoms with Gasteiger partial charge in [0.2, 0.25) is 0 Å². The first kappa shape index (κ1) is 17.4. The van der Waals surface area contributed by atoms with Crippen molar-refractivity contribution < 1.29 is 23.0 Å². The van der Waals surface area contributed by atoms with Crippen LogP contribution in [0.1, 0.15) is 33.3 Å². The summed E-state index contributed by atoms with van der Waals surface area (Å²) in [7, 11) is 0. The lowest BCUT2D eigenvalue weighted by Gasteiger charge is -2.31. The van der Waals surface area contributed by atoms with E-state index in [4.69, 9.17) is 4.74 Å². The zero-order valence-corrected chi connectivity index (χ0v) is 12.7. The summed E-state index contributed by atoms with van der Waals surface area (Å²) in [6, 6.07) is 5.99. The average Bonchev–Trinajstić information content (AvgIpc) is 2.38. The molecule has 0 aromatic heterocycles. The zero-order valence-electron chi connectivity index (χ0n) is 12.7. The van der Waals surface area contributed by atoms with Gasteiger partial charge in [-0.25, -0.2) is 4.79 Å². The Hall–Kier alpha value is -1.69. The van der Waals surface area contributed by atoms with Gasteiger partial charge in [-0.2, -0.15) is 8.78 Å². The molecule has 6 heteroatoms. The molecule has 0 aliphatic rings. The molecule has 0 aliphatic heterocycles. The highest BCUT2D eigenvalue weighted by atomic mass is 19.3. The van der Waals surface area contributed by atoms with Crippen molar-refractivity contribution in [2.24, 2.45) is 0 Å². The van der Waals surface area contributed by atoms with Crippen LogP contribution < -0.4 is 10.1 Å². The maximum atomic E-state index is 12.2. The van der Waals surface area contributed by atoms with E-state index in [-0.39, 0.29) is 18.4 Å². The minimum Gasteiger partial charge on any atom is -0.464 e. The first-order valence-electron chi connectivity index (χ1n) is 6.80. The van der Waals surface area contributed by atoms with E-state index < -0.39 is 18.1 Å². The Bertz CT molecular complexity index is 462. The van der Waals surface area contributed by atoms with E-state index in [1.165, 1.54) is 12.1 Å². The van der Waals surface area contributed by atoms with Gasteiger partial charge < -0.3 is 9.47 Å². The second-order valence-corrected chi connectivity index (χ2v) is 5.05. The number of halogens is 2. The molecule has 0 radical (unpaired) electrons. The van der Waals surface area contributed by atoms with Gasteiger partial charge in [-0.05, 0) is 45.4 Å². The van der Waals surface area contributed by atoms with Crippen LogP contribution in [0.5, 0.6) is 5.75 Å². The van der Waals surface area contributed by atoms with Crippen molar-refractivity contribution in [3.05, 3.63) is 29.8 Å². The van der Waals surface area contributed by atoms with E-state index in [0.29, 0.717) is 5.56 Å². The molecular weight excluding hydrogens is 280 g/mol. The molecular formula is C15H21F2NO3. The lowest BCUT2D eigenvalue weighted by molar-refractivity contribution is -0.151. The van der Waals surface area contributed by atoms with Crippen LogP contribution in [0.4, 0.5) is 8.78 Å². The number of rotatable bonds is 7. The fourth-order valence-corrected chi connectivity index (χ4v) is 2.08. The standard InChI is InChI=1S/C15H21F2NO3/c1-5-20-13(19)15(4,18-10(2)3)11-6-8-12(9-7-11)21-14(16)17/h6-10,14,18H,5H2,1-4H3. The molecule has 0 amide bonds. The summed E-state index contributed by atoms with van der Waals surface area (Å²) in [6.07, 6.45) is 0. The van der Waals surface area contributed by atoms with Crippen LogP contribution >= 0.6 is 0 Å². The predicted octanol–water partition coefficient (Wildman–Crippen LogP) is 3.06. The Morgan fingerprint density at radius 2 is 1.86 bits per heavy atom. The van der Waals surface area contributed by atoms with Gasteiger partial charge in [-0.1, -0.05) is 12.1 Å². The number of carbonyl (C=O) groups excluding carboxylic acids is 1. The van der Waals surface area contributed by atoms with E-state index in [0.717, 1.165) is 0 Å². The molecule has 0 fully saturated rings. The Kier molecular flexibility index (Phi) is 6.08. The number of carbonyl (C=O) groups is 1. The van der Waals surface area contributed by atoms with Gasteiger partial charge in [0.15, 0.2) is 0 Å². The molecule has 0 saturated heterocycles. The Labute approximate surface area is 123 Å². The van der Waals surface area contributed by atoms with Crippen molar-refractivity contribution in [2.45, 2.75) is 45.9 Å². The third kappa shape index (κ3) is 4.67. The number of alkyl halides is 2. The van der Waals surface area contributed by atoms with E-state index in [9.17, 15) is 13.6 Å². The summed E-state index contributed by atoms with van der Waals surface area (Å²) in [5.74, 6) is -0.370. The Morgan fingerprint density at radius 1 is 1.29 bits per heavy atom. The molecule has 1 atom stereocenters. The molecule has 0 aliphatic carbocycles. The number of hydrogen-bond donors (Lipinski definition) is 1. The van der Waals surface area contributed by atoms with Crippen LogP contribution in [0.15, 0.2) is 24.3 Å². The number of benzene rings is 1. The number of esters is 1. The van der Waals surface area contributed by atoms with Gasteiger partial charge in [0.1, 0.15) is 11.3 Å². The van der Waals surface area contributed by atoms with Gasteiger partial charge in [0.05, 0.1) is 6.61 Å². The smallest absolute Gasteiger partial charge is 0.387 e. The van der Waals surface area contributed by atoms with Crippen LogP contribution in [0.25, 0.3) is 0 Å². The lowest BCUT2D eigenvalue weighted by Crippen LogP contribution is -2.50. The SMILES string of the molecule is CCOC(=O)C(C)(NC(C)C)c1ccc(OC(F)F)cc1. The predicted molar refractivity (Wildman–Crippen MR) is 75.3 cm³/mol. The maximum absolute atomic E-state index is 12.2. The van der Waals surface area contributed by atoms with E-state index >= 15 is 0 Å². The Morgan fingerprint density at radius 3 is 2.29 bits per heavy atom. The molecule has 0 bridgehead atoms. The topological polar surface area (TPSA) is 47.6 Å². The normalized spacial score (nSPS) is 14.1. The van der Waals surface area contributed by atoms with Crippen molar-refractivity contribution in [3.63, 3.8) is 0 Å². The van der Waals surface area contributed by atoms with E-state index in [2.05, 4.69) is 10.1 Å². The molecule has 0 heterocycles. The molecule has 1 aromatic rings. The summed E-state index contributed by atoms with van der Waals surface area (Å²) >= 11 is 0. The van der Waals surface area contributed by atoms with Gasteiger partial charge in [0.25, 0.3) is 0 Å². The highest BCUT2D eigenvalue weighted by Crippen LogP contribution is 2.26. The molecule has 1 unspecified atom stereocenters. The molecule has 1 aromatic carbocycles. The van der Waals surface area contributed by atoms with Gasteiger partial charge in [-0.15, -0.1) is 0 Å². The number of ether oxygens (including phenoxy) is 2. The molecule has 118 valence electrons. The minimum absolute atomic E-state index is 0.0383. The Balaban J connectivity index is 3.05. The first-order valence-corrected chi connectivity index (χ1v) is 6.80. The van der Waals surface area contributed by atoms with Crippen LogP contribution in [-0.2, 0) is 15.1 Å². The summed E-state index contributed by atoms with van der Waals surface area (Å²) in [4.78, 5) is 12.2. The highest BCUT2D eigenvalue weighted by Gasteiger charge is 2.37. The second kappa shape index (κ2) is 7.36. The van der Waals surface area contributed by atoms with Gasteiger partial charge >= 0.3 is 12.6 Å². The third-order valence-electron chi connectivity index (χ3n) is 2.92. The number of nitrogens with one attached hydrogen (secondary N) is 1. The monoisotopic (exact) mass is 301 g/mol. The lowest BCUT2D eigenvalue weighted by atomic mass is 9.91. The fourth-order valence-electron chi connectivity index (χ4n) is 2.08. The average molecular weight is 301 g/mol. The van der Waals surface area contributed by atoms with Crippen molar-refractivity contribution in [1.29, 1.82) is 0 Å².